The highest BCUT2D eigenvalue weighted by Gasteiger charge is 2.32. The summed E-state index contributed by atoms with van der Waals surface area (Å²) in [6.07, 6.45) is 5.46. The second-order valence-electron chi connectivity index (χ2n) is 6.34. The van der Waals surface area contributed by atoms with Crippen LogP contribution in [-0.4, -0.2) is 48.6 Å². The molecule has 3 nitrogen and oxygen atoms in total. The molecular weight excluding hydrogens is 326 g/mol. The van der Waals surface area contributed by atoms with Gasteiger partial charge in [-0.25, -0.2) is 0 Å². The van der Waals surface area contributed by atoms with Crippen LogP contribution in [0.25, 0.3) is 0 Å². The van der Waals surface area contributed by atoms with Gasteiger partial charge >= 0.3 is 0 Å². The van der Waals surface area contributed by atoms with E-state index in [1.807, 2.05) is 0 Å². The number of benzene rings is 1. The van der Waals surface area contributed by atoms with Crippen LogP contribution in [0.5, 0.6) is 0 Å². The fourth-order valence-electron chi connectivity index (χ4n) is 3.84. The molecule has 0 spiro atoms. The minimum absolute atomic E-state index is 0.359. The van der Waals surface area contributed by atoms with Crippen molar-refractivity contribution in [1.82, 2.24) is 9.80 Å². The number of hydrogen-bond acceptors (Lipinski definition) is 3. The maximum Gasteiger partial charge on any atom is 0.0471 e. The van der Waals surface area contributed by atoms with E-state index < -0.39 is 0 Å². The highest BCUT2D eigenvalue weighted by molar-refractivity contribution is 9.10. The standard InChI is InChI=1S/C17H26BrN3/c18-15-6-4-5-14(11-15)17(12-19)21-10-7-16(13-21)20-8-2-1-3-9-20/h4-6,11,16-17H,1-3,7-10,12-13,19H2. The van der Waals surface area contributed by atoms with E-state index in [0.717, 1.165) is 10.5 Å². The van der Waals surface area contributed by atoms with Crippen LogP contribution >= 0.6 is 15.9 Å². The van der Waals surface area contributed by atoms with E-state index in [-0.39, 0.29) is 0 Å². The largest absolute Gasteiger partial charge is 0.329 e. The Morgan fingerprint density at radius 2 is 2.00 bits per heavy atom. The Kier molecular flexibility index (Phi) is 5.33. The number of halogens is 1. The molecule has 0 aromatic heterocycles. The predicted octanol–water partition coefficient (Wildman–Crippen LogP) is 3.01. The van der Waals surface area contributed by atoms with Crippen LogP contribution in [0.3, 0.4) is 0 Å². The van der Waals surface area contributed by atoms with Gasteiger partial charge in [0.1, 0.15) is 0 Å². The Balaban J connectivity index is 1.65. The molecule has 116 valence electrons. The molecule has 0 radical (unpaired) electrons. The predicted molar refractivity (Wildman–Crippen MR) is 91.3 cm³/mol. The fourth-order valence-corrected chi connectivity index (χ4v) is 4.26. The average Bonchev–Trinajstić information content (AvgIpc) is 2.99. The first-order valence-electron chi connectivity index (χ1n) is 8.21. The van der Waals surface area contributed by atoms with E-state index in [0.29, 0.717) is 12.6 Å². The van der Waals surface area contributed by atoms with Gasteiger partial charge in [0.25, 0.3) is 0 Å². The van der Waals surface area contributed by atoms with Gasteiger partial charge in [0, 0.05) is 36.2 Å². The molecule has 0 amide bonds. The third-order valence-corrected chi connectivity index (χ3v) is 5.49. The van der Waals surface area contributed by atoms with Gasteiger partial charge in [-0.05, 0) is 50.0 Å². The number of likely N-dealkylation sites (tertiary alicyclic amines) is 2. The van der Waals surface area contributed by atoms with E-state index in [2.05, 4.69) is 50.0 Å². The van der Waals surface area contributed by atoms with Gasteiger partial charge in [0.05, 0.1) is 0 Å². The van der Waals surface area contributed by atoms with E-state index in [1.54, 1.807) is 0 Å². The summed E-state index contributed by atoms with van der Waals surface area (Å²) in [6, 6.07) is 9.71. The van der Waals surface area contributed by atoms with Crippen LogP contribution in [0.1, 0.15) is 37.3 Å². The van der Waals surface area contributed by atoms with Crippen molar-refractivity contribution in [1.29, 1.82) is 0 Å². The number of nitrogens with zero attached hydrogens (tertiary/aromatic N) is 2. The van der Waals surface area contributed by atoms with Crippen molar-refractivity contribution in [3.05, 3.63) is 34.3 Å². The van der Waals surface area contributed by atoms with Crippen molar-refractivity contribution in [3.8, 4) is 0 Å². The van der Waals surface area contributed by atoms with Crippen LogP contribution in [-0.2, 0) is 0 Å². The summed E-state index contributed by atoms with van der Waals surface area (Å²) in [5.41, 5.74) is 7.43. The van der Waals surface area contributed by atoms with Crippen molar-refractivity contribution in [2.45, 2.75) is 37.8 Å². The van der Waals surface area contributed by atoms with Crippen LogP contribution < -0.4 is 5.73 Å². The van der Waals surface area contributed by atoms with Gasteiger partial charge in [-0.1, -0.05) is 34.5 Å². The van der Waals surface area contributed by atoms with Gasteiger partial charge in [-0.15, -0.1) is 0 Å². The maximum atomic E-state index is 6.09. The van der Waals surface area contributed by atoms with Crippen LogP contribution in [0.15, 0.2) is 28.7 Å². The topological polar surface area (TPSA) is 32.5 Å². The average molecular weight is 352 g/mol. The van der Waals surface area contributed by atoms with Crippen molar-refractivity contribution in [2.75, 3.05) is 32.7 Å². The number of nitrogens with two attached hydrogens (primary N) is 1. The minimum Gasteiger partial charge on any atom is -0.329 e. The quantitative estimate of drug-likeness (QED) is 0.904. The Morgan fingerprint density at radius 3 is 2.71 bits per heavy atom. The summed E-state index contributed by atoms with van der Waals surface area (Å²) in [4.78, 5) is 5.29. The monoisotopic (exact) mass is 351 g/mol. The maximum absolute atomic E-state index is 6.09. The summed E-state index contributed by atoms with van der Waals surface area (Å²) in [7, 11) is 0. The molecular formula is C17H26BrN3. The normalized spacial score (nSPS) is 26.1. The molecule has 2 atom stereocenters. The summed E-state index contributed by atoms with van der Waals surface area (Å²) >= 11 is 3.58. The molecule has 0 aliphatic carbocycles. The molecule has 0 saturated carbocycles. The lowest BCUT2D eigenvalue weighted by molar-refractivity contribution is 0.153. The Labute approximate surface area is 136 Å². The highest BCUT2D eigenvalue weighted by atomic mass is 79.9. The van der Waals surface area contributed by atoms with Gasteiger partial charge in [-0.2, -0.15) is 0 Å². The third-order valence-electron chi connectivity index (χ3n) is 5.00. The molecule has 2 unspecified atom stereocenters. The van der Waals surface area contributed by atoms with E-state index in [4.69, 9.17) is 5.73 Å². The van der Waals surface area contributed by atoms with Crippen molar-refractivity contribution < 1.29 is 0 Å². The first-order chi connectivity index (χ1) is 10.3. The molecule has 2 heterocycles. The minimum atomic E-state index is 0.359. The molecule has 4 heteroatoms. The highest BCUT2D eigenvalue weighted by Crippen LogP contribution is 2.28. The van der Waals surface area contributed by atoms with E-state index in [9.17, 15) is 0 Å². The second kappa shape index (κ2) is 7.23. The molecule has 2 saturated heterocycles. The van der Waals surface area contributed by atoms with Gasteiger partial charge in [0.2, 0.25) is 0 Å². The number of piperidine rings is 1. The summed E-state index contributed by atoms with van der Waals surface area (Å²) < 4.78 is 1.14. The van der Waals surface area contributed by atoms with Gasteiger partial charge in [-0.3, -0.25) is 9.80 Å². The summed E-state index contributed by atoms with van der Waals surface area (Å²) in [5, 5.41) is 0. The van der Waals surface area contributed by atoms with E-state index in [1.165, 1.54) is 57.4 Å². The molecule has 2 fully saturated rings. The number of rotatable bonds is 4. The summed E-state index contributed by atoms with van der Waals surface area (Å²) in [6.45, 7) is 5.64. The zero-order valence-electron chi connectivity index (χ0n) is 12.7. The lowest BCUT2D eigenvalue weighted by atomic mass is 10.1. The van der Waals surface area contributed by atoms with Crippen molar-refractivity contribution in [2.24, 2.45) is 5.73 Å². The van der Waals surface area contributed by atoms with Gasteiger partial charge in [0.15, 0.2) is 0 Å². The van der Waals surface area contributed by atoms with Crippen molar-refractivity contribution in [3.63, 3.8) is 0 Å². The molecule has 2 aliphatic heterocycles. The van der Waals surface area contributed by atoms with E-state index >= 15 is 0 Å². The van der Waals surface area contributed by atoms with Crippen LogP contribution in [0.4, 0.5) is 0 Å². The van der Waals surface area contributed by atoms with Crippen molar-refractivity contribution >= 4 is 15.9 Å². The first-order valence-corrected chi connectivity index (χ1v) is 9.01. The van der Waals surface area contributed by atoms with Gasteiger partial charge < -0.3 is 5.73 Å². The molecule has 2 N–H and O–H groups in total. The zero-order valence-corrected chi connectivity index (χ0v) is 14.3. The fraction of sp³-hybridized carbons (Fsp3) is 0.647. The van der Waals surface area contributed by atoms with Crippen LogP contribution in [0.2, 0.25) is 0 Å². The number of hydrogen-bond donors (Lipinski definition) is 1. The Hall–Kier alpha value is -0.420. The SMILES string of the molecule is NCC(c1cccc(Br)c1)N1CCC(N2CCCCC2)C1. The molecule has 3 rings (SSSR count). The molecule has 1 aromatic carbocycles. The third kappa shape index (κ3) is 3.67. The Bertz CT molecular complexity index is 459. The molecule has 2 aliphatic rings. The first kappa shape index (κ1) is 15.5. The zero-order chi connectivity index (χ0) is 14.7. The second-order valence-corrected chi connectivity index (χ2v) is 7.26. The smallest absolute Gasteiger partial charge is 0.0471 e. The lowest BCUT2D eigenvalue weighted by Crippen LogP contribution is -2.42. The van der Waals surface area contributed by atoms with Crippen LogP contribution in [0, 0.1) is 0 Å². The molecule has 21 heavy (non-hydrogen) atoms. The Morgan fingerprint density at radius 1 is 1.19 bits per heavy atom. The molecule has 0 bridgehead atoms. The summed E-state index contributed by atoms with van der Waals surface area (Å²) in [5.74, 6) is 0. The lowest BCUT2D eigenvalue weighted by Gasteiger charge is -2.33. The molecule has 1 aromatic rings.